The Balaban J connectivity index is 1.59. The number of piperidine rings is 1. The lowest BCUT2D eigenvalue weighted by Crippen LogP contribution is -2.39. The number of ether oxygens (including phenoxy) is 1. The number of methoxy groups -OCH3 is 1. The minimum absolute atomic E-state index is 0.000511. The van der Waals surface area contributed by atoms with Crippen LogP contribution >= 0.6 is 0 Å². The zero-order valence-electron chi connectivity index (χ0n) is 17.4. The van der Waals surface area contributed by atoms with Crippen molar-refractivity contribution >= 4 is 11.7 Å². The van der Waals surface area contributed by atoms with Crippen LogP contribution in [0.1, 0.15) is 34.8 Å². The fraction of sp³-hybridized carbons (Fsp3) is 0.364. The molecule has 0 aromatic carbocycles. The first-order valence-corrected chi connectivity index (χ1v) is 10.3. The molecular formula is C22H25N7O2. The van der Waals surface area contributed by atoms with Gasteiger partial charge in [-0.15, -0.1) is 0 Å². The average Bonchev–Trinajstić information content (AvgIpc) is 2.85. The molecule has 0 bridgehead atoms. The molecule has 31 heavy (non-hydrogen) atoms. The molecule has 1 atom stereocenters. The van der Waals surface area contributed by atoms with E-state index in [-0.39, 0.29) is 11.8 Å². The van der Waals surface area contributed by atoms with Gasteiger partial charge in [-0.3, -0.25) is 14.8 Å². The lowest BCUT2D eigenvalue weighted by atomic mass is 9.94. The van der Waals surface area contributed by atoms with Crippen LogP contribution in [0.3, 0.4) is 0 Å². The molecule has 4 heterocycles. The third kappa shape index (κ3) is 5.18. The Kier molecular flexibility index (Phi) is 6.73. The Morgan fingerprint density at radius 1 is 1.23 bits per heavy atom. The van der Waals surface area contributed by atoms with Crippen molar-refractivity contribution in [3.05, 3.63) is 60.4 Å². The number of hydrogen-bond donors (Lipinski definition) is 1. The van der Waals surface area contributed by atoms with Crippen molar-refractivity contribution in [2.45, 2.75) is 18.8 Å². The highest BCUT2D eigenvalue weighted by Crippen LogP contribution is 2.29. The summed E-state index contributed by atoms with van der Waals surface area (Å²) >= 11 is 0. The molecular weight excluding hydrogens is 394 g/mol. The van der Waals surface area contributed by atoms with Crippen molar-refractivity contribution in [3.8, 4) is 11.5 Å². The summed E-state index contributed by atoms with van der Waals surface area (Å²) < 4.78 is 5.13. The van der Waals surface area contributed by atoms with E-state index in [1.807, 2.05) is 11.0 Å². The lowest BCUT2D eigenvalue weighted by Gasteiger charge is -2.32. The summed E-state index contributed by atoms with van der Waals surface area (Å²) in [5, 5.41) is 3.28. The molecule has 4 rings (SSSR count). The number of anilines is 1. The van der Waals surface area contributed by atoms with Gasteiger partial charge in [0, 0.05) is 63.5 Å². The predicted octanol–water partition coefficient (Wildman–Crippen LogP) is 2.41. The second-order valence-corrected chi connectivity index (χ2v) is 7.34. The Labute approximate surface area is 181 Å². The van der Waals surface area contributed by atoms with Crippen LogP contribution in [0.4, 0.5) is 5.82 Å². The number of pyridine rings is 1. The molecule has 1 amide bonds. The van der Waals surface area contributed by atoms with Crippen LogP contribution in [-0.2, 0) is 4.74 Å². The van der Waals surface area contributed by atoms with Crippen LogP contribution < -0.4 is 5.32 Å². The number of nitrogens with zero attached hydrogens (tertiary/aromatic N) is 6. The SMILES string of the molecule is COCCNc1cc(C2CCCN(C(=O)c3cccnc3)C2)nc(-c2cnccn2)n1. The molecule has 9 heteroatoms. The number of amides is 1. The van der Waals surface area contributed by atoms with Crippen molar-refractivity contribution in [2.75, 3.05) is 38.7 Å². The van der Waals surface area contributed by atoms with Gasteiger partial charge in [0.25, 0.3) is 5.91 Å². The van der Waals surface area contributed by atoms with E-state index < -0.39 is 0 Å². The van der Waals surface area contributed by atoms with Crippen molar-refractivity contribution in [2.24, 2.45) is 0 Å². The maximum Gasteiger partial charge on any atom is 0.255 e. The van der Waals surface area contributed by atoms with Gasteiger partial charge >= 0.3 is 0 Å². The smallest absolute Gasteiger partial charge is 0.255 e. The Morgan fingerprint density at radius 3 is 2.90 bits per heavy atom. The number of carbonyl (C=O) groups is 1. The highest BCUT2D eigenvalue weighted by molar-refractivity contribution is 5.94. The maximum atomic E-state index is 12.9. The van der Waals surface area contributed by atoms with E-state index in [1.54, 1.807) is 50.2 Å². The Morgan fingerprint density at radius 2 is 2.13 bits per heavy atom. The van der Waals surface area contributed by atoms with E-state index in [1.165, 1.54) is 0 Å². The summed E-state index contributed by atoms with van der Waals surface area (Å²) in [6.07, 6.45) is 10.0. The van der Waals surface area contributed by atoms with Gasteiger partial charge in [-0.25, -0.2) is 15.0 Å². The van der Waals surface area contributed by atoms with Gasteiger partial charge in [-0.1, -0.05) is 0 Å². The topological polar surface area (TPSA) is 106 Å². The molecule has 1 fully saturated rings. The van der Waals surface area contributed by atoms with Crippen LogP contribution in [0.5, 0.6) is 0 Å². The summed E-state index contributed by atoms with van der Waals surface area (Å²) in [6.45, 7) is 2.52. The highest BCUT2D eigenvalue weighted by atomic mass is 16.5. The van der Waals surface area contributed by atoms with Crippen LogP contribution in [0.15, 0.2) is 49.2 Å². The summed E-state index contributed by atoms with van der Waals surface area (Å²) in [5.41, 5.74) is 2.10. The Bertz CT molecular complexity index is 1000. The first kappa shape index (κ1) is 20.8. The highest BCUT2D eigenvalue weighted by Gasteiger charge is 2.27. The van der Waals surface area contributed by atoms with Gasteiger partial charge in [-0.05, 0) is 25.0 Å². The predicted molar refractivity (Wildman–Crippen MR) is 116 cm³/mol. The fourth-order valence-electron chi connectivity index (χ4n) is 3.65. The fourth-order valence-corrected chi connectivity index (χ4v) is 3.65. The third-order valence-electron chi connectivity index (χ3n) is 5.19. The minimum Gasteiger partial charge on any atom is -0.383 e. The normalized spacial score (nSPS) is 16.2. The first-order chi connectivity index (χ1) is 15.2. The van der Waals surface area contributed by atoms with Crippen molar-refractivity contribution in [1.29, 1.82) is 0 Å². The molecule has 0 saturated carbocycles. The number of rotatable bonds is 7. The molecule has 1 saturated heterocycles. The van der Waals surface area contributed by atoms with Gasteiger partial charge in [0.1, 0.15) is 11.5 Å². The van der Waals surface area contributed by atoms with E-state index in [0.29, 0.717) is 42.6 Å². The molecule has 1 aliphatic rings. The van der Waals surface area contributed by atoms with Crippen LogP contribution in [0, 0.1) is 0 Å². The third-order valence-corrected chi connectivity index (χ3v) is 5.19. The molecule has 3 aromatic rings. The summed E-state index contributed by atoms with van der Waals surface area (Å²) in [7, 11) is 1.66. The number of nitrogens with one attached hydrogen (secondary N) is 1. The number of likely N-dealkylation sites (tertiary alicyclic amines) is 1. The van der Waals surface area contributed by atoms with Gasteiger partial charge in [0.2, 0.25) is 0 Å². The second-order valence-electron chi connectivity index (χ2n) is 7.34. The van der Waals surface area contributed by atoms with Gasteiger partial charge in [0.05, 0.1) is 24.1 Å². The van der Waals surface area contributed by atoms with E-state index in [9.17, 15) is 4.79 Å². The molecule has 1 N–H and O–H groups in total. The van der Waals surface area contributed by atoms with E-state index in [2.05, 4.69) is 25.3 Å². The summed E-state index contributed by atoms with van der Waals surface area (Å²) in [4.78, 5) is 36.7. The zero-order chi connectivity index (χ0) is 21.5. The molecule has 160 valence electrons. The molecule has 0 radical (unpaired) electrons. The standard InChI is InChI=1S/C22H25N7O2/c1-31-11-9-26-20-12-18(27-21(28-20)19-14-24-7-8-25-19)17-5-3-10-29(15-17)22(30)16-4-2-6-23-13-16/h2,4,6-8,12-14,17H,3,5,9-11,15H2,1H3,(H,26,27,28). The van der Waals surface area contributed by atoms with Gasteiger partial charge in [0.15, 0.2) is 5.82 Å². The largest absolute Gasteiger partial charge is 0.383 e. The van der Waals surface area contributed by atoms with E-state index in [4.69, 9.17) is 9.72 Å². The summed E-state index contributed by atoms with van der Waals surface area (Å²) in [6, 6.07) is 5.54. The average molecular weight is 419 g/mol. The molecule has 1 aliphatic heterocycles. The van der Waals surface area contributed by atoms with E-state index in [0.717, 1.165) is 25.1 Å². The van der Waals surface area contributed by atoms with Crippen LogP contribution in [0.25, 0.3) is 11.5 Å². The Hall–Kier alpha value is -3.46. The van der Waals surface area contributed by atoms with Crippen LogP contribution in [-0.4, -0.2) is 69.1 Å². The zero-order valence-corrected chi connectivity index (χ0v) is 17.4. The van der Waals surface area contributed by atoms with Gasteiger partial charge < -0.3 is 15.0 Å². The molecule has 0 spiro atoms. The maximum absolute atomic E-state index is 12.9. The van der Waals surface area contributed by atoms with Crippen molar-refractivity contribution in [1.82, 2.24) is 29.8 Å². The van der Waals surface area contributed by atoms with E-state index >= 15 is 0 Å². The molecule has 9 nitrogen and oxygen atoms in total. The number of aromatic nitrogens is 5. The number of carbonyl (C=O) groups excluding carboxylic acids is 1. The first-order valence-electron chi connectivity index (χ1n) is 10.3. The second kappa shape index (κ2) is 10.0. The number of hydrogen-bond acceptors (Lipinski definition) is 8. The summed E-state index contributed by atoms with van der Waals surface area (Å²) in [5.74, 6) is 1.33. The molecule has 1 unspecified atom stereocenters. The quantitative estimate of drug-likeness (QED) is 0.582. The van der Waals surface area contributed by atoms with Crippen molar-refractivity contribution in [3.63, 3.8) is 0 Å². The molecule has 0 aliphatic carbocycles. The minimum atomic E-state index is -0.000511. The monoisotopic (exact) mass is 419 g/mol. The van der Waals surface area contributed by atoms with Gasteiger partial charge in [-0.2, -0.15) is 0 Å². The molecule has 3 aromatic heterocycles. The van der Waals surface area contributed by atoms with Crippen LogP contribution in [0.2, 0.25) is 0 Å². The van der Waals surface area contributed by atoms with Crippen molar-refractivity contribution < 1.29 is 9.53 Å². The lowest BCUT2D eigenvalue weighted by molar-refractivity contribution is 0.0705.